The van der Waals surface area contributed by atoms with Gasteiger partial charge in [-0.05, 0) is 43.0 Å². The Morgan fingerprint density at radius 2 is 1.72 bits per heavy atom. The number of Topliss-reactive ketones (excluding diaryl/α,β-unsaturated/α-hetero) is 1. The summed E-state index contributed by atoms with van der Waals surface area (Å²) in [4.78, 5) is 30.5. The summed E-state index contributed by atoms with van der Waals surface area (Å²) in [6, 6.07) is 13.8. The Morgan fingerprint density at radius 3 is 2.38 bits per heavy atom. The quantitative estimate of drug-likeness (QED) is 0.578. The van der Waals surface area contributed by atoms with Crippen LogP contribution in [0, 0.1) is 5.92 Å². The molecule has 2 aromatic rings. The van der Waals surface area contributed by atoms with Gasteiger partial charge in [-0.2, -0.15) is 13.2 Å². The van der Waals surface area contributed by atoms with Crippen molar-refractivity contribution in [2.75, 3.05) is 0 Å². The van der Waals surface area contributed by atoms with Crippen LogP contribution in [0.4, 0.5) is 13.2 Å². The van der Waals surface area contributed by atoms with Gasteiger partial charge in [0.2, 0.25) is 0 Å². The molecule has 4 nitrogen and oxygen atoms in total. The predicted octanol–water partition coefficient (Wildman–Crippen LogP) is 5.63. The molecule has 0 radical (unpaired) electrons. The fraction of sp³-hybridized carbons (Fsp3) is 0.320. The number of halogens is 3. The Kier molecular flexibility index (Phi) is 6.00. The Labute approximate surface area is 183 Å². The minimum atomic E-state index is -4.47. The third-order valence-corrected chi connectivity index (χ3v) is 5.94. The first-order chi connectivity index (χ1) is 15.3. The zero-order chi connectivity index (χ0) is 22.9. The van der Waals surface area contributed by atoms with E-state index >= 15 is 0 Å². The number of carbonyl (C=O) groups is 2. The van der Waals surface area contributed by atoms with Crippen LogP contribution in [-0.2, 0) is 27.1 Å². The first-order valence-electron chi connectivity index (χ1n) is 10.4. The van der Waals surface area contributed by atoms with Crippen molar-refractivity contribution in [3.05, 3.63) is 82.6 Å². The maximum atomic E-state index is 13.1. The molecule has 1 fully saturated rings. The number of aliphatic imine (C=N–C) groups is 1. The molecule has 32 heavy (non-hydrogen) atoms. The van der Waals surface area contributed by atoms with Crippen LogP contribution in [-0.4, -0.2) is 17.5 Å². The second-order valence-electron chi connectivity index (χ2n) is 8.06. The number of allylic oxidation sites excluding steroid dienone is 1. The smallest absolute Gasteiger partial charge is 0.416 e. The highest BCUT2D eigenvalue weighted by Crippen LogP contribution is 2.43. The lowest BCUT2D eigenvalue weighted by Crippen LogP contribution is -2.39. The summed E-state index contributed by atoms with van der Waals surface area (Å²) in [6.07, 6.45) is -2.82. The van der Waals surface area contributed by atoms with E-state index in [0.717, 1.165) is 17.7 Å². The molecule has 1 aliphatic heterocycles. The van der Waals surface area contributed by atoms with E-state index in [1.807, 2.05) is 30.3 Å². The van der Waals surface area contributed by atoms with Crippen LogP contribution in [0.15, 0.2) is 70.9 Å². The van der Waals surface area contributed by atoms with E-state index in [1.54, 1.807) is 6.92 Å². The molecule has 0 amide bonds. The number of fused-ring (bicyclic) bond motifs is 1. The van der Waals surface area contributed by atoms with E-state index in [9.17, 15) is 22.8 Å². The average Bonchev–Trinajstić information content (AvgIpc) is 2.77. The van der Waals surface area contributed by atoms with Crippen molar-refractivity contribution in [3.8, 4) is 0 Å². The third-order valence-electron chi connectivity index (χ3n) is 5.94. The first-order valence-corrected chi connectivity index (χ1v) is 10.4. The number of alkyl halides is 3. The number of ketones is 1. The molecule has 0 aromatic heterocycles. The van der Waals surface area contributed by atoms with Crippen LogP contribution in [0.2, 0.25) is 0 Å². The number of carbonyl (C=O) groups excluding carboxylic acids is 2. The fourth-order valence-corrected chi connectivity index (χ4v) is 4.43. The summed E-state index contributed by atoms with van der Waals surface area (Å²) in [6.45, 7) is 1.73. The molecule has 2 aromatic carbocycles. The van der Waals surface area contributed by atoms with Crippen molar-refractivity contribution in [1.82, 2.24) is 0 Å². The Bertz CT molecular complexity index is 1090. The fourth-order valence-electron chi connectivity index (χ4n) is 4.43. The highest BCUT2D eigenvalue weighted by molar-refractivity contribution is 6.11. The molecule has 2 unspecified atom stereocenters. The number of esters is 1. The molecule has 2 atom stereocenters. The Balaban J connectivity index is 1.71. The van der Waals surface area contributed by atoms with Crippen LogP contribution < -0.4 is 0 Å². The first kappa shape index (κ1) is 22.0. The largest absolute Gasteiger partial charge is 0.457 e. The highest BCUT2D eigenvalue weighted by Gasteiger charge is 2.44. The van der Waals surface area contributed by atoms with Crippen molar-refractivity contribution in [1.29, 1.82) is 0 Å². The number of hydrogen-bond acceptors (Lipinski definition) is 4. The van der Waals surface area contributed by atoms with Gasteiger partial charge in [-0.15, -0.1) is 0 Å². The summed E-state index contributed by atoms with van der Waals surface area (Å²) in [5.41, 5.74) is 1.84. The van der Waals surface area contributed by atoms with Crippen LogP contribution in [0.5, 0.6) is 0 Å². The molecule has 0 N–H and O–H groups in total. The van der Waals surface area contributed by atoms with Crippen LogP contribution in [0.25, 0.3) is 0 Å². The number of benzene rings is 2. The van der Waals surface area contributed by atoms with E-state index < -0.39 is 29.5 Å². The lowest BCUT2D eigenvalue weighted by atomic mass is 9.69. The SMILES string of the molecule is CC1=C(C(=O)OCc2ccccc2)C(c2ccc(C(F)(F)F)cc2)C2C(=O)CCCC2=N1. The van der Waals surface area contributed by atoms with Crippen molar-refractivity contribution in [2.24, 2.45) is 10.9 Å². The number of nitrogens with zero attached hydrogens (tertiary/aromatic N) is 1. The number of hydrogen-bond donors (Lipinski definition) is 0. The topological polar surface area (TPSA) is 55.7 Å². The lowest BCUT2D eigenvalue weighted by Gasteiger charge is -2.35. The molecule has 2 aliphatic rings. The molecular formula is C25H22F3NO3. The van der Waals surface area contributed by atoms with Gasteiger partial charge in [-0.3, -0.25) is 9.79 Å². The van der Waals surface area contributed by atoms with Crippen LogP contribution >= 0.6 is 0 Å². The van der Waals surface area contributed by atoms with Gasteiger partial charge < -0.3 is 4.74 Å². The summed E-state index contributed by atoms with van der Waals surface area (Å²) in [5, 5.41) is 0. The standard InChI is InChI=1S/C25H22F3NO3/c1-15-21(24(31)32-14-16-6-3-2-4-7-16)22(23-19(29-15)8-5-9-20(23)30)17-10-12-18(13-11-17)25(26,27)28/h2-4,6-7,10-13,22-23H,5,8-9,14H2,1H3. The molecule has 4 rings (SSSR count). The highest BCUT2D eigenvalue weighted by atomic mass is 19.4. The minimum Gasteiger partial charge on any atom is -0.457 e. The zero-order valence-electron chi connectivity index (χ0n) is 17.5. The van der Waals surface area contributed by atoms with Crippen molar-refractivity contribution in [3.63, 3.8) is 0 Å². The third kappa shape index (κ3) is 4.38. The van der Waals surface area contributed by atoms with E-state index in [0.29, 0.717) is 36.2 Å². The molecule has 1 heterocycles. The van der Waals surface area contributed by atoms with E-state index in [1.165, 1.54) is 12.1 Å². The molecule has 0 bridgehead atoms. The normalized spacial score (nSPS) is 21.1. The second kappa shape index (κ2) is 8.73. The van der Waals surface area contributed by atoms with Gasteiger partial charge in [0.15, 0.2) is 0 Å². The van der Waals surface area contributed by atoms with Crippen molar-refractivity contribution in [2.45, 2.75) is 44.9 Å². The van der Waals surface area contributed by atoms with E-state index in [-0.39, 0.29) is 18.0 Å². The summed E-state index contributed by atoms with van der Waals surface area (Å²) in [7, 11) is 0. The van der Waals surface area contributed by atoms with E-state index in [4.69, 9.17) is 4.74 Å². The molecule has 7 heteroatoms. The molecule has 166 valence electrons. The van der Waals surface area contributed by atoms with Gasteiger partial charge in [0.25, 0.3) is 0 Å². The second-order valence-corrected chi connectivity index (χ2v) is 8.06. The van der Waals surface area contributed by atoms with Gasteiger partial charge in [0.05, 0.1) is 17.1 Å². The monoisotopic (exact) mass is 441 g/mol. The maximum Gasteiger partial charge on any atom is 0.416 e. The van der Waals surface area contributed by atoms with E-state index in [2.05, 4.69) is 4.99 Å². The van der Waals surface area contributed by atoms with Gasteiger partial charge >= 0.3 is 12.1 Å². The average molecular weight is 441 g/mol. The minimum absolute atomic E-state index is 0.0470. The molecule has 1 saturated carbocycles. The lowest BCUT2D eigenvalue weighted by molar-refractivity contribution is -0.141. The van der Waals surface area contributed by atoms with Crippen LogP contribution in [0.1, 0.15) is 48.8 Å². The summed E-state index contributed by atoms with van der Waals surface area (Å²) < 4.78 is 44.7. The Hall–Kier alpha value is -3.22. The van der Waals surface area contributed by atoms with Gasteiger partial charge in [-0.25, -0.2) is 4.79 Å². The Morgan fingerprint density at radius 1 is 1.03 bits per heavy atom. The van der Waals surface area contributed by atoms with Crippen molar-refractivity contribution < 1.29 is 27.5 Å². The summed E-state index contributed by atoms with van der Waals surface area (Å²) in [5.74, 6) is -2.05. The number of ether oxygens (including phenoxy) is 1. The van der Waals surface area contributed by atoms with Gasteiger partial charge in [0.1, 0.15) is 12.4 Å². The molecular weight excluding hydrogens is 419 g/mol. The zero-order valence-corrected chi connectivity index (χ0v) is 17.5. The number of rotatable bonds is 4. The summed E-state index contributed by atoms with van der Waals surface area (Å²) >= 11 is 0. The van der Waals surface area contributed by atoms with Crippen molar-refractivity contribution >= 4 is 17.5 Å². The molecule has 1 aliphatic carbocycles. The predicted molar refractivity (Wildman–Crippen MR) is 113 cm³/mol. The molecule has 0 spiro atoms. The molecule has 0 saturated heterocycles. The van der Waals surface area contributed by atoms with Gasteiger partial charge in [-0.1, -0.05) is 42.5 Å². The maximum absolute atomic E-state index is 13.1. The van der Waals surface area contributed by atoms with Crippen LogP contribution in [0.3, 0.4) is 0 Å². The van der Waals surface area contributed by atoms with Gasteiger partial charge in [0, 0.05) is 23.7 Å².